The topological polar surface area (TPSA) is 0 Å². The average Bonchev–Trinajstić information content (AvgIpc) is 2.06. The van der Waals surface area contributed by atoms with Crippen molar-refractivity contribution in [1.82, 2.24) is 0 Å². The van der Waals surface area contributed by atoms with Crippen LogP contribution in [0.4, 0.5) is 0 Å². The van der Waals surface area contributed by atoms with Crippen molar-refractivity contribution < 1.29 is 0 Å². The molecule has 1 fully saturated rings. The van der Waals surface area contributed by atoms with Crippen LogP contribution in [-0.4, -0.2) is 5.25 Å². The number of hydrogen-bond acceptors (Lipinski definition) is 1. The Morgan fingerprint density at radius 1 is 1.67 bits per heavy atom. The SMILES string of the molecule is CC(S)C1CC1. The van der Waals surface area contributed by atoms with Gasteiger partial charge in [-0.1, -0.05) is 6.92 Å². The van der Waals surface area contributed by atoms with Crippen LogP contribution < -0.4 is 0 Å². The molecule has 0 aromatic rings. The van der Waals surface area contributed by atoms with E-state index < -0.39 is 0 Å². The molecule has 0 N–H and O–H groups in total. The highest BCUT2D eigenvalue weighted by Gasteiger charge is 2.24. The van der Waals surface area contributed by atoms with E-state index in [1.165, 1.54) is 12.8 Å². The summed E-state index contributed by atoms with van der Waals surface area (Å²) in [5, 5.41) is 0.657. The Balaban J connectivity index is 2.13. The summed E-state index contributed by atoms with van der Waals surface area (Å²) >= 11 is 4.26. The van der Waals surface area contributed by atoms with Crippen molar-refractivity contribution in [3.63, 3.8) is 0 Å². The molecule has 0 aromatic carbocycles. The monoisotopic (exact) mass is 102 g/mol. The number of thiol groups is 1. The Morgan fingerprint density at radius 3 is 2.17 bits per heavy atom. The molecule has 0 heterocycles. The van der Waals surface area contributed by atoms with Gasteiger partial charge in [-0.05, 0) is 18.8 Å². The molecule has 0 amide bonds. The predicted octanol–water partition coefficient (Wildman–Crippen LogP) is 1.71. The third-order valence-electron chi connectivity index (χ3n) is 1.30. The van der Waals surface area contributed by atoms with Gasteiger partial charge in [0.25, 0.3) is 0 Å². The van der Waals surface area contributed by atoms with E-state index in [9.17, 15) is 0 Å². The molecule has 1 saturated carbocycles. The quantitative estimate of drug-likeness (QED) is 0.479. The van der Waals surface area contributed by atoms with Crippen molar-refractivity contribution in [3.8, 4) is 0 Å². The van der Waals surface area contributed by atoms with Gasteiger partial charge in [0.2, 0.25) is 0 Å². The summed E-state index contributed by atoms with van der Waals surface area (Å²) in [6, 6.07) is 0. The van der Waals surface area contributed by atoms with Crippen molar-refractivity contribution in [2.75, 3.05) is 0 Å². The minimum absolute atomic E-state index is 0.657. The molecule has 36 valence electrons. The molecular formula is C5H10S. The summed E-state index contributed by atoms with van der Waals surface area (Å²) in [7, 11) is 0. The van der Waals surface area contributed by atoms with Crippen LogP contribution in [0.5, 0.6) is 0 Å². The van der Waals surface area contributed by atoms with Crippen LogP contribution >= 0.6 is 12.6 Å². The van der Waals surface area contributed by atoms with Gasteiger partial charge in [-0.25, -0.2) is 0 Å². The Kier molecular flexibility index (Phi) is 1.09. The zero-order chi connectivity index (χ0) is 4.57. The van der Waals surface area contributed by atoms with Gasteiger partial charge in [0.1, 0.15) is 0 Å². The van der Waals surface area contributed by atoms with Gasteiger partial charge in [-0.15, -0.1) is 0 Å². The van der Waals surface area contributed by atoms with Crippen LogP contribution in [0.1, 0.15) is 19.8 Å². The smallest absolute Gasteiger partial charge is 0.00167 e. The molecule has 1 aliphatic rings. The highest BCUT2D eigenvalue weighted by molar-refractivity contribution is 7.80. The minimum Gasteiger partial charge on any atom is -0.176 e. The molecule has 1 rings (SSSR count). The second-order valence-corrected chi connectivity index (χ2v) is 2.89. The van der Waals surface area contributed by atoms with E-state index >= 15 is 0 Å². The van der Waals surface area contributed by atoms with Gasteiger partial charge in [-0.2, -0.15) is 12.6 Å². The molecule has 1 atom stereocenters. The second kappa shape index (κ2) is 1.45. The van der Waals surface area contributed by atoms with E-state index in [4.69, 9.17) is 0 Å². The van der Waals surface area contributed by atoms with Gasteiger partial charge in [0.05, 0.1) is 0 Å². The number of rotatable bonds is 1. The van der Waals surface area contributed by atoms with Crippen LogP contribution in [0.15, 0.2) is 0 Å². The molecule has 1 heteroatoms. The van der Waals surface area contributed by atoms with Gasteiger partial charge in [-0.3, -0.25) is 0 Å². The van der Waals surface area contributed by atoms with Crippen LogP contribution in [0.2, 0.25) is 0 Å². The maximum atomic E-state index is 4.26. The summed E-state index contributed by atoms with van der Waals surface area (Å²) in [6.07, 6.45) is 2.84. The summed E-state index contributed by atoms with van der Waals surface area (Å²) in [5.74, 6) is 0.966. The Bertz CT molecular complexity index is 45.9. The van der Waals surface area contributed by atoms with Crippen LogP contribution in [-0.2, 0) is 0 Å². The Morgan fingerprint density at radius 2 is 2.17 bits per heavy atom. The second-order valence-electron chi connectivity index (χ2n) is 2.08. The van der Waals surface area contributed by atoms with Gasteiger partial charge < -0.3 is 0 Å². The molecule has 0 aliphatic heterocycles. The Hall–Kier alpha value is 0.350. The van der Waals surface area contributed by atoms with Crippen LogP contribution in [0.25, 0.3) is 0 Å². The molecular weight excluding hydrogens is 92.1 g/mol. The summed E-state index contributed by atoms with van der Waals surface area (Å²) in [6.45, 7) is 2.17. The van der Waals surface area contributed by atoms with Crippen molar-refractivity contribution in [1.29, 1.82) is 0 Å². The Labute approximate surface area is 44.3 Å². The third-order valence-corrected chi connectivity index (χ3v) is 1.73. The lowest BCUT2D eigenvalue weighted by Crippen LogP contribution is -1.90. The van der Waals surface area contributed by atoms with Gasteiger partial charge >= 0.3 is 0 Å². The van der Waals surface area contributed by atoms with Crippen molar-refractivity contribution in [3.05, 3.63) is 0 Å². The van der Waals surface area contributed by atoms with E-state index in [-0.39, 0.29) is 0 Å². The normalized spacial score (nSPS) is 27.0. The maximum absolute atomic E-state index is 4.26. The fourth-order valence-corrected chi connectivity index (χ4v) is 0.877. The largest absolute Gasteiger partial charge is 0.176 e. The molecule has 6 heavy (non-hydrogen) atoms. The molecule has 0 aromatic heterocycles. The lowest BCUT2D eigenvalue weighted by Gasteiger charge is -1.93. The molecule has 0 spiro atoms. The molecule has 0 bridgehead atoms. The first kappa shape index (κ1) is 4.51. The molecule has 1 unspecified atom stereocenters. The molecule has 1 aliphatic carbocycles. The highest BCUT2D eigenvalue weighted by atomic mass is 32.1. The summed E-state index contributed by atoms with van der Waals surface area (Å²) < 4.78 is 0. The first-order valence-corrected chi connectivity index (χ1v) is 3.00. The molecule has 0 radical (unpaired) electrons. The van der Waals surface area contributed by atoms with Crippen LogP contribution in [0, 0.1) is 5.92 Å². The average molecular weight is 102 g/mol. The first-order chi connectivity index (χ1) is 2.80. The van der Waals surface area contributed by atoms with Crippen molar-refractivity contribution >= 4 is 12.6 Å². The lowest BCUT2D eigenvalue weighted by molar-refractivity contribution is 0.826. The first-order valence-electron chi connectivity index (χ1n) is 2.49. The summed E-state index contributed by atoms with van der Waals surface area (Å²) in [4.78, 5) is 0. The predicted molar refractivity (Wildman–Crippen MR) is 31.2 cm³/mol. The van der Waals surface area contributed by atoms with Gasteiger partial charge in [0, 0.05) is 5.25 Å². The maximum Gasteiger partial charge on any atom is 0.00167 e. The third kappa shape index (κ3) is 0.904. The standard InChI is InChI=1S/C5H10S/c1-4(6)5-2-3-5/h4-6H,2-3H2,1H3. The van der Waals surface area contributed by atoms with E-state index in [0.29, 0.717) is 5.25 Å². The zero-order valence-corrected chi connectivity index (χ0v) is 4.91. The van der Waals surface area contributed by atoms with Crippen molar-refractivity contribution in [2.24, 2.45) is 5.92 Å². The van der Waals surface area contributed by atoms with E-state index in [1.807, 2.05) is 0 Å². The minimum atomic E-state index is 0.657. The van der Waals surface area contributed by atoms with E-state index in [2.05, 4.69) is 19.6 Å². The molecule has 0 saturated heterocycles. The highest BCUT2D eigenvalue weighted by Crippen LogP contribution is 2.34. The van der Waals surface area contributed by atoms with Crippen LogP contribution in [0.3, 0.4) is 0 Å². The lowest BCUT2D eigenvalue weighted by atomic mass is 10.3. The van der Waals surface area contributed by atoms with Gasteiger partial charge in [0.15, 0.2) is 0 Å². The fourth-order valence-electron chi connectivity index (χ4n) is 0.579. The fraction of sp³-hybridized carbons (Fsp3) is 1.00. The molecule has 0 nitrogen and oxygen atoms in total. The number of hydrogen-bond donors (Lipinski definition) is 1. The van der Waals surface area contributed by atoms with E-state index in [1.54, 1.807) is 0 Å². The van der Waals surface area contributed by atoms with E-state index in [0.717, 1.165) is 5.92 Å². The van der Waals surface area contributed by atoms with Crippen molar-refractivity contribution in [2.45, 2.75) is 25.0 Å². The zero-order valence-electron chi connectivity index (χ0n) is 4.02. The summed E-state index contributed by atoms with van der Waals surface area (Å²) in [5.41, 5.74) is 0.